The summed E-state index contributed by atoms with van der Waals surface area (Å²) in [5, 5.41) is 16.8. The first-order valence-corrected chi connectivity index (χ1v) is 15.4. The van der Waals surface area contributed by atoms with Crippen LogP contribution in [0.25, 0.3) is 10.8 Å². The molecule has 6 heterocycles. The number of fused-ring (bicyclic) bond motifs is 5. The van der Waals surface area contributed by atoms with Crippen LogP contribution < -0.4 is 19.9 Å². The molecule has 10 heteroatoms. The fraction of sp³-hybridized carbons (Fsp3) is 0.548. The van der Waals surface area contributed by atoms with E-state index in [1.54, 1.807) is 12.1 Å². The Morgan fingerprint density at radius 2 is 1.95 bits per heavy atom. The molecule has 0 radical (unpaired) electrons. The van der Waals surface area contributed by atoms with Gasteiger partial charge in [-0.2, -0.15) is 9.97 Å². The fourth-order valence-corrected chi connectivity index (χ4v) is 8.41. The summed E-state index contributed by atoms with van der Waals surface area (Å²) in [7, 11) is 0. The third kappa shape index (κ3) is 4.48. The lowest BCUT2D eigenvalue weighted by molar-refractivity contribution is 0.107. The number of benzene rings is 2. The van der Waals surface area contributed by atoms with Gasteiger partial charge < -0.3 is 25.0 Å². The third-order valence-electron chi connectivity index (χ3n) is 10.0. The van der Waals surface area contributed by atoms with Crippen molar-refractivity contribution < 1.29 is 14.2 Å². The highest BCUT2D eigenvalue weighted by molar-refractivity contribution is 6.36. The number of phenolic OH excluding ortho intramolecular Hbond substituents is 1. The van der Waals surface area contributed by atoms with Gasteiger partial charge in [0.1, 0.15) is 24.3 Å². The van der Waals surface area contributed by atoms with Crippen LogP contribution in [-0.2, 0) is 13.0 Å². The van der Waals surface area contributed by atoms with Gasteiger partial charge in [-0.25, -0.2) is 4.39 Å². The summed E-state index contributed by atoms with van der Waals surface area (Å²) in [4.78, 5) is 17.0. The lowest BCUT2D eigenvalue weighted by Gasteiger charge is -2.38. The summed E-state index contributed by atoms with van der Waals surface area (Å²) in [5.41, 5.74) is 2.77. The molecule has 3 unspecified atom stereocenters. The molecule has 8 nitrogen and oxygen atoms in total. The molecule has 41 heavy (non-hydrogen) atoms. The normalized spacial score (nSPS) is 29.3. The maximum atomic E-state index is 14.4. The largest absolute Gasteiger partial charge is 0.508 e. The lowest BCUT2D eigenvalue weighted by Crippen LogP contribution is -2.52. The number of nitrogens with one attached hydrogen (secondary N) is 1. The Hall–Kier alpha value is -2.88. The van der Waals surface area contributed by atoms with Gasteiger partial charge in [0.05, 0.1) is 28.5 Å². The van der Waals surface area contributed by atoms with Crippen LogP contribution in [0.1, 0.15) is 43.4 Å². The predicted molar refractivity (Wildman–Crippen MR) is 158 cm³/mol. The van der Waals surface area contributed by atoms with E-state index in [2.05, 4.69) is 20.0 Å². The predicted octanol–water partition coefficient (Wildman–Crippen LogP) is 4.45. The van der Waals surface area contributed by atoms with E-state index in [-0.39, 0.29) is 11.3 Å². The highest BCUT2D eigenvalue weighted by Gasteiger charge is 2.49. The number of anilines is 2. The highest BCUT2D eigenvalue weighted by Crippen LogP contribution is 2.42. The highest BCUT2D eigenvalue weighted by atomic mass is 35.5. The van der Waals surface area contributed by atoms with E-state index in [1.165, 1.54) is 18.4 Å². The van der Waals surface area contributed by atoms with E-state index in [4.69, 9.17) is 26.3 Å². The first-order valence-electron chi connectivity index (χ1n) is 15.0. The van der Waals surface area contributed by atoms with Gasteiger partial charge in [0.25, 0.3) is 0 Å². The first-order chi connectivity index (χ1) is 19.9. The van der Waals surface area contributed by atoms with Crippen molar-refractivity contribution in [3.63, 3.8) is 0 Å². The SMILES string of the molecule is Oc1cc(N2CCc3c(nc(OCC45CCCN4C[C@H](F)C5)nc3N3CC4CCC(C3)N4)C2)c2c(Cl)cccc2c1. The van der Waals surface area contributed by atoms with Crippen LogP contribution in [0, 0.1) is 0 Å². The summed E-state index contributed by atoms with van der Waals surface area (Å²) in [6, 6.07) is 10.7. The van der Waals surface area contributed by atoms with Gasteiger partial charge in [-0.3, -0.25) is 4.90 Å². The molecule has 0 saturated carbocycles. The van der Waals surface area contributed by atoms with Crippen LogP contribution in [0.3, 0.4) is 0 Å². The minimum Gasteiger partial charge on any atom is -0.508 e. The molecule has 4 fully saturated rings. The van der Waals surface area contributed by atoms with Crippen LogP contribution in [0.5, 0.6) is 11.8 Å². The van der Waals surface area contributed by atoms with Gasteiger partial charge in [0, 0.05) is 61.7 Å². The standard InChI is InChI=1S/C31H36ClFN6O2/c32-25-4-1-3-19-11-23(40)12-27(28(19)25)37-10-7-24-26(17-37)35-30(36-29(24)38-15-21-5-6-22(16-38)34-21)41-18-31-8-2-9-39(31)14-20(33)13-31/h1,3-4,11-12,20-22,34,40H,2,5-10,13-18H2/t20-,21?,22?,31?/m1/s1. The Labute approximate surface area is 244 Å². The minimum absolute atomic E-state index is 0.215. The van der Waals surface area contributed by atoms with Crippen molar-refractivity contribution in [3.8, 4) is 11.8 Å². The average molecular weight is 579 g/mol. The van der Waals surface area contributed by atoms with Gasteiger partial charge in [0.2, 0.25) is 0 Å². The van der Waals surface area contributed by atoms with E-state index >= 15 is 0 Å². The molecule has 0 amide bonds. The van der Waals surface area contributed by atoms with E-state index < -0.39 is 6.17 Å². The zero-order valence-electron chi connectivity index (χ0n) is 23.2. The Morgan fingerprint density at radius 1 is 1.10 bits per heavy atom. The topological polar surface area (TPSA) is 77.0 Å². The maximum absolute atomic E-state index is 14.4. The van der Waals surface area contributed by atoms with Gasteiger partial charge in [-0.1, -0.05) is 23.7 Å². The van der Waals surface area contributed by atoms with E-state index in [0.29, 0.717) is 49.2 Å². The number of aromatic nitrogens is 2. The van der Waals surface area contributed by atoms with Crippen molar-refractivity contribution in [2.75, 3.05) is 49.1 Å². The molecule has 1 aromatic heterocycles. The summed E-state index contributed by atoms with van der Waals surface area (Å²) in [5.74, 6) is 1.20. The van der Waals surface area contributed by atoms with E-state index in [0.717, 1.165) is 73.4 Å². The molecule has 3 aromatic rings. The van der Waals surface area contributed by atoms with Crippen LogP contribution in [-0.4, -0.2) is 83.1 Å². The summed E-state index contributed by atoms with van der Waals surface area (Å²) < 4.78 is 20.8. The summed E-state index contributed by atoms with van der Waals surface area (Å²) in [6.07, 6.45) is 4.92. The molecule has 216 valence electrons. The quantitative estimate of drug-likeness (QED) is 0.460. The molecule has 2 bridgehead atoms. The number of hydrogen-bond donors (Lipinski definition) is 2. The molecule has 5 aliphatic heterocycles. The van der Waals surface area contributed by atoms with Gasteiger partial charge in [-0.15, -0.1) is 0 Å². The molecular weight excluding hydrogens is 543 g/mol. The lowest BCUT2D eigenvalue weighted by atomic mass is 9.95. The number of aromatic hydroxyl groups is 1. The van der Waals surface area contributed by atoms with Gasteiger partial charge in [-0.05, 0) is 56.2 Å². The number of nitrogens with zero attached hydrogens (tertiary/aromatic N) is 5. The van der Waals surface area contributed by atoms with Crippen molar-refractivity contribution in [2.45, 2.75) is 68.9 Å². The van der Waals surface area contributed by atoms with Crippen LogP contribution in [0.15, 0.2) is 30.3 Å². The molecular formula is C31H36ClFN6O2. The van der Waals surface area contributed by atoms with Crippen molar-refractivity contribution in [3.05, 3.63) is 46.6 Å². The maximum Gasteiger partial charge on any atom is 0.318 e. The zero-order chi connectivity index (χ0) is 27.7. The number of hydrogen-bond acceptors (Lipinski definition) is 8. The molecule has 0 aliphatic carbocycles. The van der Waals surface area contributed by atoms with Crippen LogP contribution in [0.4, 0.5) is 15.9 Å². The smallest absolute Gasteiger partial charge is 0.318 e. The molecule has 8 rings (SSSR count). The Kier molecular flexibility index (Phi) is 6.20. The van der Waals surface area contributed by atoms with E-state index in [9.17, 15) is 9.50 Å². The van der Waals surface area contributed by atoms with Crippen molar-refractivity contribution in [1.82, 2.24) is 20.2 Å². The van der Waals surface area contributed by atoms with Crippen LogP contribution in [0.2, 0.25) is 5.02 Å². The molecule has 4 atom stereocenters. The minimum atomic E-state index is -0.798. The Morgan fingerprint density at radius 3 is 2.80 bits per heavy atom. The fourth-order valence-electron chi connectivity index (χ4n) is 8.13. The number of rotatable bonds is 5. The number of ether oxygens (including phenoxy) is 1. The van der Waals surface area contributed by atoms with Gasteiger partial charge in [0.15, 0.2) is 0 Å². The zero-order valence-corrected chi connectivity index (χ0v) is 23.9. The van der Waals surface area contributed by atoms with Crippen molar-refractivity contribution >= 4 is 33.9 Å². The second-order valence-corrected chi connectivity index (χ2v) is 13.0. The second kappa shape index (κ2) is 9.85. The number of phenols is 1. The third-order valence-corrected chi connectivity index (χ3v) is 10.3. The Balaban J connectivity index is 1.15. The molecule has 0 spiro atoms. The van der Waals surface area contributed by atoms with Crippen molar-refractivity contribution in [1.29, 1.82) is 0 Å². The second-order valence-electron chi connectivity index (χ2n) is 12.6. The van der Waals surface area contributed by atoms with Crippen molar-refractivity contribution in [2.24, 2.45) is 0 Å². The molecule has 4 saturated heterocycles. The first kappa shape index (κ1) is 25.8. The summed E-state index contributed by atoms with van der Waals surface area (Å²) >= 11 is 6.68. The van der Waals surface area contributed by atoms with E-state index in [1.807, 2.05) is 18.2 Å². The molecule has 2 N–H and O–H groups in total. The molecule has 5 aliphatic rings. The Bertz CT molecular complexity index is 1500. The van der Waals surface area contributed by atoms with Gasteiger partial charge >= 0.3 is 6.01 Å². The monoisotopic (exact) mass is 578 g/mol. The average Bonchev–Trinajstić information content (AvgIpc) is 3.61. The number of halogens is 2. The van der Waals surface area contributed by atoms with Crippen LogP contribution >= 0.6 is 11.6 Å². The summed E-state index contributed by atoms with van der Waals surface area (Å²) in [6.45, 7) is 5.02. The molecule has 2 aromatic carbocycles. The number of piperazine rings is 1. The number of alkyl halides is 1.